The van der Waals surface area contributed by atoms with Crippen molar-refractivity contribution >= 4 is 11.9 Å². The lowest BCUT2D eigenvalue weighted by atomic mass is 9.68. The van der Waals surface area contributed by atoms with Gasteiger partial charge in [0.25, 0.3) is 0 Å². The van der Waals surface area contributed by atoms with Crippen molar-refractivity contribution in [2.45, 2.75) is 32.4 Å². The molecular weight excluding hydrogens is 270 g/mol. The molecule has 2 aliphatic rings. The van der Waals surface area contributed by atoms with Gasteiger partial charge in [0.15, 0.2) is 5.72 Å². The standard InChI is InChI=1S/C16H19NO4/c1-4-20-15(19)13-12-9(2)16(3,17-14(13)18)21-11-8-6-5-7-10(11)12/h5-9,12-13H,4H2,1-3H3,(H,17,18)/t9-,12-,13-,16-/m1/s1. The molecule has 0 aromatic heterocycles. The van der Waals surface area contributed by atoms with Gasteiger partial charge < -0.3 is 14.8 Å². The third-order valence-corrected chi connectivity index (χ3v) is 4.56. The van der Waals surface area contributed by atoms with E-state index in [1.165, 1.54) is 0 Å². The molecule has 1 saturated heterocycles. The van der Waals surface area contributed by atoms with E-state index in [2.05, 4.69) is 5.32 Å². The number of carbonyl (C=O) groups excluding carboxylic acids is 2. The topological polar surface area (TPSA) is 64.6 Å². The molecule has 112 valence electrons. The van der Waals surface area contributed by atoms with Crippen molar-refractivity contribution in [3.05, 3.63) is 29.8 Å². The van der Waals surface area contributed by atoms with E-state index >= 15 is 0 Å². The van der Waals surface area contributed by atoms with E-state index < -0.39 is 17.6 Å². The molecule has 5 nitrogen and oxygen atoms in total. The number of benzene rings is 1. The maximum absolute atomic E-state index is 12.4. The molecule has 4 atom stereocenters. The first-order valence-corrected chi connectivity index (χ1v) is 7.24. The van der Waals surface area contributed by atoms with Crippen molar-refractivity contribution in [2.24, 2.45) is 11.8 Å². The van der Waals surface area contributed by atoms with Crippen LogP contribution in [0, 0.1) is 11.8 Å². The van der Waals surface area contributed by atoms with Gasteiger partial charge in [0.1, 0.15) is 11.7 Å². The van der Waals surface area contributed by atoms with Crippen molar-refractivity contribution in [2.75, 3.05) is 6.61 Å². The lowest BCUT2D eigenvalue weighted by Gasteiger charge is -2.51. The summed E-state index contributed by atoms with van der Waals surface area (Å²) < 4.78 is 11.1. The van der Waals surface area contributed by atoms with Gasteiger partial charge in [0, 0.05) is 11.8 Å². The SMILES string of the molecule is CCOC(=O)[C@H]1C(=O)N[C@]2(C)Oc3ccccc3[C@H]1[C@H]2C. The molecule has 1 fully saturated rings. The highest BCUT2D eigenvalue weighted by atomic mass is 16.5. The molecule has 5 heteroatoms. The number of hydrogen-bond acceptors (Lipinski definition) is 4. The number of amides is 1. The fourth-order valence-electron chi connectivity index (χ4n) is 3.36. The smallest absolute Gasteiger partial charge is 0.319 e. The van der Waals surface area contributed by atoms with Crippen molar-refractivity contribution in [1.82, 2.24) is 5.32 Å². The Morgan fingerprint density at radius 3 is 2.86 bits per heavy atom. The first kappa shape index (κ1) is 13.9. The van der Waals surface area contributed by atoms with Gasteiger partial charge in [-0.25, -0.2) is 0 Å². The van der Waals surface area contributed by atoms with E-state index in [4.69, 9.17) is 9.47 Å². The molecule has 1 N–H and O–H groups in total. The van der Waals surface area contributed by atoms with Crippen LogP contribution in [-0.4, -0.2) is 24.2 Å². The number of esters is 1. The number of ether oxygens (including phenoxy) is 2. The summed E-state index contributed by atoms with van der Waals surface area (Å²) in [5, 5.41) is 2.84. The van der Waals surface area contributed by atoms with Crippen LogP contribution in [0.25, 0.3) is 0 Å². The fourth-order valence-corrected chi connectivity index (χ4v) is 3.36. The summed E-state index contributed by atoms with van der Waals surface area (Å²) in [4.78, 5) is 24.6. The Kier molecular flexibility index (Phi) is 3.15. The zero-order valence-electron chi connectivity index (χ0n) is 12.4. The Morgan fingerprint density at radius 1 is 1.43 bits per heavy atom. The lowest BCUT2D eigenvalue weighted by molar-refractivity contribution is -0.165. The van der Waals surface area contributed by atoms with E-state index in [0.717, 1.165) is 11.3 Å². The van der Waals surface area contributed by atoms with Crippen LogP contribution in [-0.2, 0) is 14.3 Å². The molecule has 0 radical (unpaired) electrons. The van der Waals surface area contributed by atoms with E-state index in [1.807, 2.05) is 38.1 Å². The molecule has 21 heavy (non-hydrogen) atoms. The van der Waals surface area contributed by atoms with Gasteiger partial charge in [-0.15, -0.1) is 0 Å². The van der Waals surface area contributed by atoms with Gasteiger partial charge in [-0.05, 0) is 25.5 Å². The minimum Gasteiger partial charge on any atom is -0.468 e. The molecule has 3 rings (SSSR count). The Morgan fingerprint density at radius 2 is 2.14 bits per heavy atom. The minimum absolute atomic E-state index is 0.0282. The molecule has 0 saturated carbocycles. The summed E-state index contributed by atoms with van der Waals surface area (Å²) in [5.74, 6) is -1.15. The average Bonchev–Trinajstić information content (AvgIpc) is 2.42. The van der Waals surface area contributed by atoms with Crippen molar-refractivity contribution in [1.29, 1.82) is 0 Å². The van der Waals surface area contributed by atoms with Gasteiger partial charge in [0.05, 0.1) is 6.61 Å². The zero-order chi connectivity index (χ0) is 15.2. The minimum atomic E-state index is -0.821. The number of para-hydroxylation sites is 1. The van der Waals surface area contributed by atoms with E-state index in [-0.39, 0.29) is 24.3 Å². The Labute approximate surface area is 123 Å². The maximum Gasteiger partial charge on any atom is 0.319 e. The number of hydrogen-bond donors (Lipinski definition) is 1. The number of carbonyl (C=O) groups is 2. The number of rotatable bonds is 2. The highest BCUT2D eigenvalue weighted by Crippen LogP contribution is 2.50. The second-order valence-electron chi connectivity index (χ2n) is 5.78. The molecule has 2 bridgehead atoms. The summed E-state index contributed by atoms with van der Waals surface area (Å²) in [6.07, 6.45) is 0. The van der Waals surface area contributed by atoms with Crippen molar-refractivity contribution in [3.8, 4) is 5.75 Å². The summed E-state index contributed by atoms with van der Waals surface area (Å²) >= 11 is 0. The summed E-state index contributed by atoms with van der Waals surface area (Å²) in [5.41, 5.74) is 0.106. The molecule has 2 aliphatic heterocycles. The maximum atomic E-state index is 12.4. The van der Waals surface area contributed by atoms with Gasteiger partial charge in [0.2, 0.25) is 5.91 Å². The number of fused-ring (bicyclic) bond motifs is 4. The first-order valence-electron chi connectivity index (χ1n) is 7.24. The molecular formula is C16H19NO4. The summed E-state index contributed by atoms with van der Waals surface area (Å²) in [7, 11) is 0. The van der Waals surface area contributed by atoms with Crippen LogP contribution >= 0.6 is 0 Å². The van der Waals surface area contributed by atoms with Crippen LogP contribution in [0.2, 0.25) is 0 Å². The third kappa shape index (κ3) is 1.99. The van der Waals surface area contributed by atoms with Gasteiger partial charge in [-0.1, -0.05) is 25.1 Å². The normalized spacial score (nSPS) is 33.5. The predicted molar refractivity (Wildman–Crippen MR) is 75.6 cm³/mol. The largest absolute Gasteiger partial charge is 0.468 e. The van der Waals surface area contributed by atoms with Gasteiger partial charge in [-0.2, -0.15) is 0 Å². The van der Waals surface area contributed by atoms with Crippen LogP contribution in [0.5, 0.6) is 5.75 Å². The molecule has 0 aliphatic carbocycles. The zero-order valence-corrected chi connectivity index (χ0v) is 12.4. The fraction of sp³-hybridized carbons (Fsp3) is 0.500. The van der Waals surface area contributed by atoms with Crippen LogP contribution < -0.4 is 10.1 Å². The highest BCUT2D eigenvalue weighted by Gasteiger charge is 2.56. The Balaban J connectivity index is 2.10. The van der Waals surface area contributed by atoms with Gasteiger partial charge in [-0.3, -0.25) is 9.59 Å². The molecule has 1 amide bonds. The molecule has 1 aromatic carbocycles. The van der Waals surface area contributed by atoms with E-state index in [9.17, 15) is 9.59 Å². The highest BCUT2D eigenvalue weighted by molar-refractivity contribution is 6.00. The van der Waals surface area contributed by atoms with Crippen LogP contribution in [0.3, 0.4) is 0 Å². The number of piperidine rings is 1. The predicted octanol–water partition coefficient (Wildman–Crippen LogP) is 1.82. The number of nitrogens with one attached hydrogen (secondary N) is 1. The van der Waals surface area contributed by atoms with Crippen LogP contribution in [0.15, 0.2) is 24.3 Å². The van der Waals surface area contributed by atoms with Crippen molar-refractivity contribution < 1.29 is 19.1 Å². The van der Waals surface area contributed by atoms with Gasteiger partial charge >= 0.3 is 5.97 Å². The molecule has 1 aromatic rings. The lowest BCUT2D eigenvalue weighted by Crippen LogP contribution is -2.66. The van der Waals surface area contributed by atoms with E-state index in [0.29, 0.717) is 0 Å². The third-order valence-electron chi connectivity index (χ3n) is 4.56. The Hall–Kier alpha value is -2.04. The second kappa shape index (κ2) is 4.76. The molecule has 0 unspecified atom stereocenters. The average molecular weight is 289 g/mol. The second-order valence-corrected chi connectivity index (χ2v) is 5.78. The monoisotopic (exact) mass is 289 g/mol. The van der Waals surface area contributed by atoms with E-state index in [1.54, 1.807) is 6.92 Å². The molecule has 2 heterocycles. The van der Waals surface area contributed by atoms with Crippen LogP contribution in [0.1, 0.15) is 32.3 Å². The summed E-state index contributed by atoms with van der Waals surface area (Å²) in [6, 6.07) is 7.56. The first-order chi connectivity index (χ1) is 9.98. The van der Waals surface area contributed by atoms with Crippen LogP contribution in [0.4, 0.5) is 0 Å². The van der Waals surface area contributed by atoms with Crippen molar-refractivity contribution in [3.63, 3.8) is 0 Å². The Bertz CT molecular complexity index is 600. The quantitative estimate of drug-likeness (QED) is 0.666. The molecule has 0 spiro atoms. The summed E-state index contributed by atoms with van der Waals surface area (Å²) in [6.45, 7) is 5.84.